The summed E-state index contributed by atoms with van der Waals surface area (Å²) in [6, 6.07) is 14.3. The van der Waals surface area contributed by atoms with Crippen molar-refractivity contribution >= 4 is 16.9 Å². The van der Waals surface area contributed by atoms with E-state index in [9.17, 15) is 14.7 Å². The van der Waals surface area contributed by atoms with Crippen LogP contribution in [-0.4, -0.2) is 11.1 Å². The van der Waals surface area contributed by atoms with Crippen LogP contribution in [-0.2, 0) is 21.6 Å². The summed E-state index contributed by atoms with van der Waals surface area (Å²) in [5.41, 5.74) is 1.20. The van der Waals surface area contributed by atoms with Gasteiger partial charge in [0.25, 0.3) is 0 Å². The van der Waals surface area contributed by atoms with Gasteiger partial charge in [0.1, 0.15) is 17.9 Å². The van der Waals surface area contributed by atoms with E-state index in [4.69, 9.17) is 9.15 Å². The molecule has 1 N–H and O–H groups in total. The van der Waals surface area contributed by atoms with Crippen molar-refractivity contribution in [2.75, 3.05) is 0 Å². The number of carbonyl (C=O) groups is 1. The number of aryl methyl sites for hydroxylation is 1. The number of hydrogen-bond acceptors (Lipinski definition) is 5. The lowest BCUT2D eigenvalue weighted by Crippen LogP contribution is -2.34. The average molecular weight is 378 g/mol. The average Bonchev–Trinajstić information content (AvgIpc) is 3.21. The van der Waals surface area contributed by atoms with Gasteiger partial charge in [-0.05, 0) is 37.5 Å². The van der Waals surface area contributed by atoms with Crippen molar-refractivity contribution < 1.29 is 19.1 Å². The molecule has 1 heterocycles. The number of phenolic OH excluding ortho intramolecular Hbond substituents is 1. The lowest BCUT2D eigenvalue weighted by Gasteiger charge is -2.27. The van der Waals surface area contributed by atoms with Gasteiger partial charge in [0, 0.05) is 22.6 Å². The summed E-state index contributed by atoms with van der Waals surface area (Å²) in [4.78, 5) is 25.1. The number of esters is 1. The van der Waals surface area contributed by atoms with Gasteiger partial charge < -0.3 is 14.3 Å². The number of carbonyl (C=O) groups excluding carboxylic acids is 1. The molecular formula is C23H22O5. The first-order valence-electron chi connectivity index (χ1n) is 9.49. The van der Waals surface area contributed by atoms with E-state index in [1.807, 2.05) is 30.3 Å². The maximum Gasteiger partial charge on any atom is 0.336 e. The zero-order chi connectivity index (χ0) is 19.7. The van der Waals surface area contributed by atoms with Gasteiger partial charge in [0.2, 0.25) is 0 Å². The molecule has 5 heteroatoms. The minimum Gasteiger partial charge on any atom is -0.508 e. The predicted molar refractivity (Wildman–Crippen MR) is 105 cm³/mol. The summed E-state index contributed by atoms with van der Waals surface area (Å²) in [6.07, 6.45) is 3.50. The molecule has 144 valence electrons. The fourth-order valence-corrected chi connectivity index (χ4v) is 4.16. The van der Waals surface area contributed by atoms with Crippen LogP contribution in [0.4, 0.5) is 0 Å². The van der Waals surface area contributed by atoms with Crippen LogP contribution in [0.25, 0.3) is 11.0 Å². The van der Waals surface area contributed by atoms with Crippen molar-refractivity contribution in [3.63, 3.8) is 0 Å². The molecule has 0 radical (unpaired) electrons. The van der Waals surface area contributed by atoms with Crippen molar-refractivity contribution in [3.05, 3.63) is 75.6 Å². The van der Waals surface area contributed by atoms with Crippen LogP contribution in [0.3, 0.4) is 0 Å². The second-order valence-electron chi connectivity index (χ2n) is 7.41. The molecule has 1 aliphatic rings. The largest absolute Gasteiger partial charge is 0.508 e. The fraction of sp³-hybridized carbons (Fsp3) is 0.304. The molecule has 0 amide bonds. The van der Waals surface area contributed by atoms with Crippen LogP contribution in [0.15, 0.2) is 57.7 Å². The maximum atomic E-state index is 13.1. The third-order valence-corrected chi connectivity index (χ3v) is 5.75. The molecule has 0 saturated heterocycles. The van der Waals surface area contributed by atoms with Gasteiger partial charge in [-0.25, -0.2) is 4.79 Å². The molecule has 0 aliphatic heterocycles. The highest BCUT2D eigenvalue weighted by Crippen LogP contribution is 2.42. The second kappa shape index (κ2) is 7.15. The molecule has 5 nitrogen and oxygen atoms in total. The Morgan fingerprint density at radius 3 is 2.57 bits per heavy atom. The minimum atomic E-state index is -0.620. The SMILES string of the molecule is Cc1c(O)ccc2c(COC(=O)C3(c4ccccc4)CCCC3)cc(=O)oc12. The highest BCUT2D eigenvalue weighted by molar-refractivity contribution is 5.86. The molecule has 1 aromatic heterocycles. The van der Waals surface area contributed by atoms with Gasteiger partial charge in [-0.15, -0.1) is 0 Å². The zero-order valence-electron chi connectivity index (χ0n) is 15.7. The Kier molecular flexibility index (Phi) is 4.67. The number of phenols is 1. The van der Waals surface area contributed by atoms with E-state index < -0.39 is 11.0 Å². The van der Waals surface area contributed by atoms with Crippen LogP contribution < -0.4 is 5.63 Å². The fourth-order valence-electron chi connectivity index (χ4n) is 4.16. The number of hydrogen-bond donors (Lipinski definition) is 1. The number of fused-ring (bicyclic) bond motifs is 1. The van der Waals surface area contributed by atoms with Gasteiger partial charge in [-0.1, -0.05) is 43.2 Å². The van der Waals surface area contributed by atoms with Crippen molar-refractivity contribution in [3.8, 4) is 5.75 Å². The molecule has 1 fully saturated rings. The van der Waals surface area contributed by atoms with E-state index >= 15 is 0 Å². The lowest BCUT2D eigenvalue weighted by molar-refractivity contribution is -0.152. The number of aromatic hydroxyl groups is 1. The molecule has 2 aromatic carbocycles. The number of ether oxygens (including phenoxy) is 1. The monoisotopic (exact) mass is 378 g/mol. The molecule has 0 spiro atoms. The Morgan fingerprint density at radius 2 is 1.86 bits per heavy atom. The summed E-state index contributed by atoms with van der Waals surface area (Å²) in [7, 11) is 0. The normalized spacial score (nSPS) is 15.6. The van der Waals surface area contributed by atoms with Crippen molar-refractivity contribution in [2.24, 2.45) is 0 Å². The predicted octanol–water partition coefficient (Wildman–Crippen LogP) is 4.36. The third kappa shape index (κ3) is 3.07. The van der Waals surface area contributed by atoms with Crippen molar-refractivity contribution in [1.29, 1.82) is 0 Å². The summed E-state index contributed by atoms with van der Waals surface area (Å²) in [5, 5.41) is 10.5. The highest BCUT2D eigenvalue weighted by Gasteiger charge is 2.44. The van der Waals surface area contributed by atoms with Gasteiger partial charge in [0.05, 0.1) is 5.41 Å². The number of benzene rings is 2. The zero-order valence-corrected chi connectivity index (χ0v) is 15.7. The topological polar surface area (TPSA) is 76.7 Å². The summed E-state index contributed by atoms with van der Waals surface area (Å²) in [5.74, 6) is -0.202. The Balaban J connectivity index is 1.65. The van der Waals surface area contributed by atoms with Crippen LogP contribution >= 0.6 is 0 Å². The summed E-state index contributed by atoms with van der Waals surface area (Å²) < 4.78 is 11.0. The van der Waals surface area contributed by atoms with Gasteiger partial charge in [-0.2, -0.15) is 0 Å². The molecular weight excluding hydrogens is 356 g/mol. The molecule has 0 atom stereocenters. The summed E-state index contributed by atoms with van der Waals surface area (Å²) in [6.45, 7) is 1.67. The maximum absolute atomic E-state index is 13.1. The molecule has 28 heavy (non-hydrogen) atoms. The Morgan fingerprint density at radius 1 is 1.14 bits per heavy atom. The van der Waals surface area contributed by atoms with E-state index in [-0.39, 0.29) is 18.3 Å². The first-order valence-corrected chi connectivity index (χ1v) is 9.49. The Bertz CT molecular complexity index is 1080. The van der Waals surface area contributed by atoms with Gasteiger partial charge >= 0.3 is 11.6 Å². The van der Waals surface area contributed by atoms with Crippen molar-refractivity contribution in [2.45, 2.75) is 44.6 Å². The smallest absolute Gasteiger partial charge is 0.336 e. The van der Waals surface area contributed by atoms with Crippen LogP contribution in [0.5, 0.6) is 5.75 Å². The summed E-state index contributed by atoms with van der Waals surface area (Å²) >= 11 is 0. The highest BCUT2D eigenvalue weighted by atomic mass is 16.5. The quantitative estimate of drug-likeness (QED) is 0.539. The Labute approximate surface area is 162 Å². The van der Waals surface area contributed by atoms with Crippen LogP contribution in [0, 0.1) is 6.92 Å². The van der Waals surface area contributed by atoms with E-state index in [1.54, 1.807) is 19.1 Å². The van der Waals surface area contributed by atoms with E-state index in [0.29, 0.717) is 22.1 Å². The van der Waals surface area contributed by atoms with E-state index in [2.05, 4.69) is 0 Å². The standard InChI is InChI=1S/C23H22O5/c1-15-19(24)10-9-18-16(13-20(25)28-21(15)18)14-27-22(26)23(11-5-6-12-23)17-7-3-2-4-8-17/h2-4,7-10,13,24H,5-6,11-12,14H2,1H3. The van der Waals surface area contributed by atoms with Crippen LogP contribution in [0.1, 0.15) is 42.4 Å². The Hall–Kier alpha value is -3.08. The van der Waals surface area contributed by atoms with Crippen LogP contribution in [0.2, 0.25) is 0 Å². The third-order valence-electron chi connectivity index (χ3n) is 5.75. The lowest BCUT2D eigenvalue weighted by atomic mass is 9.79. The molecule has 1 saturated carbocycles. The molecule has 4 rings (SSSR count). The molecule has 1 aliphatic carbocycles. The van der Waals surface area contributed by atoms with Gasteiger partial charge in [0.15, 0.2) is 0 Å². The molecule has 3 aromatic rings. The minimum absolute atomic E-state index is 0.0142. The molecule has 0 bridgehead atoms. The first kappa shape index (κ1) is 18.3. The van der Waals surface area contributed by atoms with E-state index in [1.165, 1.54) is 6.07 Å². The van der Waals surface area contributed by atoms with E-state index in [0.717, 1.165) is 31.2 Å². The molecule has 0 unspecified atom stereocenters. The first-order chi connectivity index (χ1) is 13.5. The van der Waals surface area contributed by atoms with Crippen molar-refractivity contribution in [1.82, 2.24) is 0 Å². The van der Waals surface area contributed by atoms with Gasteiger partial charge in [-0.3, -0.25) is 4.79 Å². The number of rotatable bonds is 4. The second-order valence-corrected chi connectivity index (χ2v) is 7.41.